The van der Waals surface area contributed by atoms with Crippen molar-refractivity contribution in [1.29, 1.82) is 0 Å². The molecule has 0 aromatic carbocycles. The smallest absolute Gasteiger partial charge is 0.309 e. The average molecular weight is 371 g/mol. The summed E-state index contributed by atoms with van der Waals surface area (Å²) < 4.78 is 0. The van der Waals surface area contributed by atoms with Gasteiger partial charge in [0.2, 0.25) is 0 Å². The Kier molecular flexibility index (Phi) is 15.5. The lowest BCUT2D eigenvalue weighted by Crippen LogP contribution is -2.31. The second kappa shape index (κ2) is 16.1. The first-order valence-electron chi connectivity index (χ1n) is 10.9. The molecule has 0 saturated carbocycles. The lowest BCUT2D eigenvalue weighted by molar-refractivity contribution is -0.151. The summed E-state index contributed by atoms with van der Waals surface area (Å²) in [5.74, 6) is -1.55. The highest BCUT2D eigenvalue weighted by molar-refractivity contribution is 5.74. The van der Waals surface area contributed by atoms with Gasteiger partial charge in [-0.25, -0.2) is 0 Å². The number of carbonyl (C=O) groups is 2. The molecule has 0 bridgehead atoms. The van der Waals surface area contributed by atoms with Crippen LogP contribution in [-0.4, -0.2) is 22.2 Å². The summed E-state index contributed by atoms with van der Waals surface area (Å²) in [6, 6.07) is 0. The van der Waals surface area contributed by atoms with Gasteiger partial charge in [0.05, 0.1) is 5.41 Å². The van der Waals surface area contributed by atoms with Gasteiger partial charge in [0.15, 0.2) is 0 Å². The van der Waals surface area contributed by atoms with Crippen molar-refractivity contribution in [2.24, 2.45) is 5.41 Å². The minimum Gasteiger partial charge on any atom is -0.481 e. The Hall–Kier alpha value is -1.06. The number of hydrogen-bond donors (Lipinski definition) is 2. The largest absolute Gasteiger partial charge is 0.481 e. The van der Waals surface area contributed by atoms with E-state index in [0.29, 0.717) is 25.7 Å². The molecule has 0 aliphatic rings. The Bertz CT molecular complexity index is 367. The average Bonchev–Trinajstić information content (AvgIpc) is 2.59. The minimum absolute atomic E-state index is 0.0709. The van der Waals surface area contributed by atoms with E-state index in [1.807, 2.05) is 0 Å². The second-order valence-corrected chi connectivity index (χ2v) is 7.87. The third-order valence-electron chi connectivity index (χ3n) is 5.52. The quantitative estimate of drug-likeness (QED) is 0.245. The summed E-state index contributed by atoms with van der Waals surface area (Å²) in [5, 5.41) is 18.8. The van der Waals surface area contributed by atoms with E-state index in [4.69, 9.17) is 5.11 Å². The molecular formula is C22H42O4. The van der Waals surface area contributed by atoms with Gasteiger partial charge in [-0.2, -0.15) is 0 Å². The second-order valence-electron chi connectivity index (χ2n) is 7.87. The van der Waals surface area contributed by atoms with Crippen molar-refractivity contribution < 1.29 is 19.8 Å². The van der Waals surface area contributed by atoms with E-state index in [9.17, 15) is 14.7 Å². The van der Waals surface area contributed by atoms with Gasteiger partial charge in [-0.05, 0) is 25.7 Å². The molecule has 0 spiro atoms. The number of carboxylic acid groups (broad SMARTS) is 2. The van der Waals surface area contributed by atoms with Gasteiger partial charge in [0.25, 0.3) is 0 Å². The van der Waals surface area contributed by atoms with Gasteiger partial charge < -0.3 is 10.2 Å². The van der Waals surface area contributed by atoms with Crippen LogP contribution >= 0.6 is 0 Å². The molecule has 154 valence electrons. The van der Waals surface area contributed by atoms with Crippen LogP contribution in [0.2, 0.25) is 0 Å². The molecule has 0 aromatic rings. The van der Waals surface area contributed by atoms with Crippen LogP contribution in [0, 0.1) is 5.41 Å². The van der Waals surface area contributed by atoms with Crippen LogP contribution in [0.15, 0.2) is 0 Å². The molecule has 1 unspecified atom stereocenters. The maximum Gasteiger partial charge on any atom is 0.309 e. The topological polar surface area (TPSA) is 74.6 Å². The molecule has 0 amide bonds. The van der Waals surface area contributed by atoms with Crippen molar-refractivity contribution in [2.45, 2.75) is 123 Å². The molecular weight excluding hydrogens is 328 g/mol. The van der Waals surface area contributed by atoms with E-state index in [1.54, 1.807) is 0 Å². The van der Waals surface area contributed by atoms with Gasteiger partial charge in [-0.1, -0.05) is 90.9 Å². The highest BCUT2D eigenvalue weighted by Gasteiger charge is 2.36. The summed E-state index contributed by atoms with van der Waals surface area (Å²) in [6.07, 6.45) is 16.3. The predicted molar refractivity (Wildman–Crippen MR) is 108 cm³/mol. The lowest BCUT2D eigenvalue weighted by atomic mass is 9.74. The van der Waals surface area contributed by atoms with Gasteiger partial charge in [0, 0.05) is 6.42 Å². The summed E-state index contributed by atoms with van der Waals surface area (Å²) in [4.78, 5) is 22.9. The molecule has 0 aliphatic carbocycles. The zero-order valence-corrected chi connectivity index (χ0v) is 17.2. The molecule has 4 heteroatoms. The van der Waals surface area contributed by atoms with Crippen LogP contribution in [0.3, 0.4) is 0 Å². The van der Waals surface area contributed by atoms with Crippen molar-refractivity contribution in [1.82, 2.24) is 0 Å². The summed E-state index contributed by atoms with van der Waals surface area (Å²) in [6.45, 7) is 4.37. The van der Waals surface area contributed by atoms with E-state index >= 15 is 0 Å². The highest BCUT2D eigenvalue weighted by Crippen LogP contribution is 2.37. The van der Waals surface area contributed by atoms with Crippen LogP contribution in [0.5, 0.6) is 0 Å². The molecule has 0 saturated heterocycles. The van der Waals surface area contributed by atoms with E-state index < -0.39 is 17.4 Å². The third-order valence-corrected chi connectivity index (χ3v) is 5.52. The number of aliphatic carboxylic acids is 2. The molecule has 26 heavy (non-hydrogen) atoms. The fourth-order valence-corrected chi connectivity index (χ4v) is 3.76. The summed E-state index contributed by atoms with van der Waals surface area (Å²) >= 11 is 0. The van der Waals surface area contributed by atoms with E-state index in [0.717, 1.165) is 38.5 Å². The zero-order chi connectivity index (χ0) is 19.7. The Morgan fingerprint density at radius 1 is 0.615 bits per heavy atom. The molecule has 0 fully saturated rings. The normalized spacial score (nSPS) is 13.5. The number of carboxylic acids is 2. The van der Waals surface area contributed by atoms with Crippen LogP contribution in [-0.2, 0) is 9.59 Å². The Labute approximate surface area is 160 Å². The highest BCUT2D eigenvalue weighted by atomic mass is 16.4. The zero-order valence-electron chi connectivity index (χ0n) is 17.2. The summed E-state index contributed by atoms with van der Waals surface area (Å²) in [5.41, 5.74) is -0.717. The van der Waals surface area contributed by atoms with Crippen LogP contribution in [0.4, 0.5) is 0 Å². The first-order chi connectivity index (χ1) is 12.5. The maximum atomic E-state index is 12.1. The fourth-order valence-electron chi connectivity index (χ4n) is 3.76. The van der Waals surface area contributed by atoms with Crippen molar-refractivity contribution in [2.75, 3.05) is 0 Å². The fraction of sp³-hybridized carbons (Fsp3) is 0.909. The Morgan fingerprint density at radius 2 is 1.00 bits per heavy atom. The Balaban J connectivity index is 4.42. The number of rotatable bonds is 19. The van der Waals surface area contributed by atoms with Crippen molar-refractivity contribution in [3.05, 3.63) is 0 Å². The lowest BCUT2D eigenvalue weighted by Gasteiger charge is -2.30. The van der Waals surface area contributed by atoms with E-state index in [1.165, 1.54) is 38.5 Å². The molecule has 0 rings (SSSR count). The minimum atomic E-state index is -0.831. The number of unbranched alkanes of at least 4 members (excludes halogenated alkanes) is 10. The van der Waals surface area contributed by atoms with Gasteiger partial charge in [0.1, 0.15) is 0 Å². The Morgan fingerprint density at radius 3 is 1.42 bits per heavy atom. The van der Waals surface area contributed by atoms with Crippen molar-refractivity contribution in [3.8, 4) is 0 Å². The van der Waals surface area contributed by atoms with Gasteiger partial charge in [-0.15, -0.1) is 0 Å². The monoisotopic (exact) mass is 370 g/mol. The molecule has 0 radical (unpaired) electrons. The molecule has 2 N–H and O–H groups in total. The van der Waals surface area contributed by atoms with Crippen LogP contribution in [0.25, 0.3) is 0 Å². The standard InChI is InChI=1S/C22H42O4/c1-3-5-7-9-10-11-12-14-18-22(21(25)26,17-13-8-6-4-2)19-15-16-20(23)24/h3-19H2,1-2H3,(H,23,24)(H,25,26). The third kappa shape index (κ3) is 12.3. The van der Waals surface area contributed by atoms with Crippen molar-refractivity contribution >= 4 is 11.9 Å². The molecule has 0 aromatic heterocycles. The molecule has 0 aliphatic heterocycles. The first-order valence-corrected chi connectivity index (χ1v) is 10.9. The molecule has 0 heterocycles. The van der Waals surface area contributed by atoms with E-state index in [2.05, 4.69) is 13.8 Å². The summed E-state index contributed by atoms with van der Waals surface area (Å²) in [7, 11) is 0. The predicted octanol–water partition coefficient (Wildman–Crippen LogP) is 6.81. The maximum absolute atomic E-state index is 12.1. The van der Waals surface area contributed by atoms with Crippen LogP contribution in [0.1, 0.15) is 123 Å². The molecule has 1 atom stereocenters. The van der Waals surface area contributed by atoms with Crippen LogP contribution < -0.4 is 0 Å². The van der Waals surface area contributed by atoms with E-state index in [-0.39, 0.29) is 6.42 Å². The number of hydrogen-bond acceptors (Lipinski definition) is 2. The first kappa shape index (κ1) is 24.9. The molecule has 4 nitrogen and oxygen atoms in total. The van der Waals surface area contributed by atoms with Crippen molar-refractivity contribution in [3.63, 3.8) is 0 Å². The van der Waals surface area contributed by atoms with Gasteiger partial charge in [-0.3, -0.25) is 9.59 Å². The SMILES string of the molecule is CCCCCCCCCCC(CCCCCC)(CCCC(=O)O)C(=O)O. The van der Waals surface area contributed by atoms with Gasteiger partial charge >= 0.3 is 11.9 Å².